The van der Waals surface area contributed by atoms with Crippen LogP contribution in [0.5, 0.6) is 0 Å². The fraction of sp³-hybridized carbons (Fsp3) is 0.733. The van der Waals surface area contributed by atoms with Gasteiger partial charge in [-0.25, -0.2) is 0 Å². The average molecular weight is 370 g/mol. The van der Waals surface area contributed by atoms with E-state index in [4.69, 9.17) is 10.5 Å². The molecule has 2 aliphatic carbocycles. The van der Waals surface area contributed by atoms with Crippen LogP contribution in [-0.4, -0.2) is 9.03 Å². The van der Waals surface area contributed by atoms with Crippen molar-refractivity contribution in [2.75, 3.05) is 0 Å². The summed E-state index contributed by atoms with van der Waals surface area (Å²) in [6.45, 7) is 2.31. The van der Waals surface area contributed by atoms with E-state index in [2.05, 4.69) is 29.5 Å². The van der Waals surface area contributed by atoms with Crippen molar-refractivity contribution in [1.82, 2.24) is 0 Å². The first kappa shape index (κ1) is 14.7. The highest BCUT2D eigenvalue weighted by Crippen LogP contribution is 2.55. The lowest BCUT2D eigenvalue weighted by atomic mass is 9.90. The summed E-state index contributed by atoms with van der Waals surface area (Å²) in [5.74, 6) is 1.89. The largest absolute Gasteiger partial charge is 0.510 e. The predicted molar refractivity (Wildman–Crippen MR) is 81.4 cm³/mol. The third-order valence-corrected chi connectivity index (χ3v) is 6.49. The van der Waals surface area contributed by atoms with Gasteiger partial charge in [-0.3, -0.25) is 0 Å². The van der Waals surface area contributed by atoms with Gasteiger partial charge in [0.2, 0.25) is 0 Å². The van der Waals surface area contributed by atoms with Crippen molar-refractivity contribution in [3.05, 3.63) is 11.3 Å². The zero-order valence-electron chi connectivity index (χ0n) is 11.1. The Morgan fingerprint density at radius 2 is 1.79 bits per heavy atom. The van der Waals surface area contributed by atoms with Gasteiger partial charge in [-0.05, 0) is 37.0 Å². The van der Waals surface area contributed by atoms with E-state index in [0.717, 1.165) is 19.3 Å². The van der Waals surface area contributed by atoms with E-state index in [1.807, 2.05) is 12.1 Å². The Morgan fingerprint density at radius 3 is 2.42 bits per heavy atom. The first-order valence-corrected chi connectivity index (χ1v) is 8.22. The molecule has 102 valence electrons. The van der Waals surface area contributed by atoms with E-state index < -0.39 is 0 Å². The van der Waals surface area contributed by atoms with Gasteiger partial charge in [-0.15, -0.1) is 0 Å². The van der Waals surface area contributed by atoms with Crippen molar-refractivity contribution in [3.8, 4) is 12.1 Å². The second kappa shape index (κ2) is 6.13. The SMILES string of the molecule is CC1C2CC2C(C(O)=C(C#N)C#N)CCCC[C@H]1I. The van der Waals surface area contributed by atoms with Gasteiger partial charge in [0.05, 0.1) is 0 Å². The summed E-state index contributed by atoms with van der Waals surface area (Å²) in [6, 6.07) is 3.65. The van der Waals surface area contributed by atoms with Gasteiger partial charge in [-0.1, -0.05) is 42.4 Å². The minimum absolute atomic E-state index is 0.0310. The lowest BCUT2D eigenvalue weighted by Crippen LogP contribution is -2.15. The maximum Gasteiger partial charge on any atom is 0.167 e. The molecule has 1 N–H and O–H groups in total. The van der Waals surface area contributed by atoms with Crippen molar-refractivity contribution >= 4 is 22.6 Å². The number of nitrogens with zero attached hydrogens (tertiary/aromatic N) is 2. The summed E-state index contributed by atoms with van der Waals surface area (Å²) in [4.78, 5) is 0. The quantitative estimate of drug-likeness (QED) is 0.327. The topological polar surface area (TPSA) is 67.8 Å². The molecule has 0 aromatic carbocycles. The van der Waals surface area contributed by atoms with Crippen LogP contribution in [-0.2, 0) is 0 Å². The lowest BCUT2D eigenvalue weighted by molar-refractivity contribution is 0.280. The van der Waals surface area contributed by atoms with Crippen LogP contribution in [0.2, 0.25) is 0 Å². The Kier molecular flexibility index (Phi) is 4.73. The molecule has 0 spiro atoms. The highest BCUT2D eigenvalue weighted by atomic mass is 127. The maximum atomic E-state index is 10.2. The Hall–Kier alpha value is -0.750. The molecule has 5 atom stereocenters. The van der Waals surface area contributed by atoms with E-state index >= 15 is 0 Å². The van der Waals surface area contributed by atoms with Crippen LogP contribution < -0.4 is 0 Å². The molecule has 4 heteroatoms. The number of aliphatic hydroxyl groups excluding tert-OH is 1. The van der Waals surface area contributed by atoms with Crippen LogP contribution in [0, 0.1) is 46.3 Å². The first-order valence-electron chi connectivity index (χ1n) is 6.97. The average Bonchev–Trinajstić information content (AvgIpc) is 3.17. The van der Waals surface area contributed by atoms with Gasteiger partial charge in [0.1, 0.15) is 17.9 Å². The van der Waals surface area contributed by atoms with Crippen molar-refractivity contribution < 1.29 is 5.11 Å². The van der Waals surface area contributed by atoms with E-state index in [0.29, 0.717) is 21.7 Å². The molecule has 0 aromatic heterocycles. The summed E-state index contributed by atoms with van der Waals surface area (Å²) < 4.78 is 0.712. The van der Waals surface area contributed by atoms with E-state index in [1.54, 1.807) is 0 Å². The number of allylic oxidation sites excluding steroid dienone is 2. The van der Waals surface area contributed by atoms with Gasteiger partial charge in [0.15, 0.2) is 5.57 Å². The molecule has 3 nitrogen and oxygen atoms in total. The molecule has 19 heavy (non-hydrogen) atoms. The molecule has 0 radical (unpaired) electrons. The Balaban J connectivity index is 2.21. The molecule has 0 bridgehead atoms. The van der Waals surface area contributed by atoms with Gasteiger partial charge in [0.25, 0.3) is 0 Å². The van der Waals surface area contributed by atoms with Crippen LogP contribution in [0.1, 0.15) is 39.0 Å². The van der Waals surface area contributed by atoms with E-state index in [-0.39, 0.29) is 17.3 Å². The predicted octanol–water partition coefficient (Wildman–Crippen LogP) is 4.11. The highest BCUT2D eigenvalue weighted by molar-refractivity contribution is 14.1. The van der Waals surface area contributed by atoms with Crippen LogP contribution >= 0.6 is 22.6 Å². The summed E-state index contributed by atoms with van der Waals surface area (Å²) in [6.07, 6.45) is 5.55. The van der Waals surface area contributed by atoms with E-state index in [9.17, 15) is 5.11 Å². The third-order valence-electron chi connectivity index (χ3n) is 4.73. The fourth-order valence-corrected chi connectivity index (χ4v) is 4.39. The number of aliphatic hydroxyl groups is 1. The smallest absolute Gasteiger partial charge is 0.167 e. The van der Waals surface area contributed by atoms with Crippen molar-refractivity contribution in [1.29, 1.82) is 10.5 Å². The molecule has 0 aromatic rings. The van der Waals surface area contributed by atoms with Crippen LogP contribution in [0.25, 0.3) is 0 Å². The number of rotatable bonds is 1. The molecule has 2 fully saturated rings. The first-order chi connectivity index (χ1) is 9.10. The monoisotopic (exact) mass is 370 g/mol. The van der Waals surface area contributed by atoms with Crippen LogP contribution in [0.15, 0.2) is 11.3 Å². The summed E-state index contributed by atoms with van der Waals surface area (Å²) in [5, 5.41) is 28.0. The summed E-state index contributed by atoms with van der Waals surface area (Å²) in [5.41, 5.74) is -0.0893. The Bertz CT molecular complexity index is 444. The molecule has 0 aliphatic heterocycles. The molecule has 4 unspecified atom stereocenters. The number of hydrogen-bond acceptors (Lipinski definition) is 3. The van der Waals surface area contributed by atoms with E-state index in [1.165, 1.54) is 12.8 Å². The zero-order valence-corrected chi connectivity index (χ0v) is 13.3. The van der Waals surface area contributed by atoms with Crippen molar-refractivity contribution in [2.24, 2.45) is 23.7 Å². The number of hydrogen-bond donors (Lipinski definition) is 1. The standard InChI is InChI=1S/C15H19IN2O/c1-9-12-6-13(12)11(4-2-3-5-14(9)16)15(19)10(7-17)8-18/h9,11-14,19H,2-6H2,1H3/t9?,11?,12?,13?,14-/m1/s1. The molecule has 2 aliphatic rings. The second-order valence-electron chi connectivity index (χ2n) is 5.81. The highest BCUT2D eigenvalue weighted by Gasteiger charge is 2.49. The molecule has 0 heterocycles. The van der Waals surface area contributed by atoms with Crippen molar-refractivity contribution in [3.63, 3.8) is 0 Å². The maximum absolute atomic E-state index is 10.2. The van der Waals surface area contributed by atoms with Gasteiger partial charge in [-0.2, -0.15) is 10.5 Å². The van der Waals surface area contributed by atoms with Crippen molar-refractivity contribution in [2.45, 2.75) is 43.0 Å². The Morgan fingerprint density at radius 1 is 1.16 bits per heavy atom. The third kappa shape index (κ3) is 3.05. The Labute approximate surface area is 128 Å². The van der Waals surface area contributed by atoms with Gasteiger partial charge < -0.3 is 5.11 Å². The number of alkyl halides is 1. The second-order valence-corrected chi connectivity index (χ2v) is 7.41. The normalized spacial score (nSPS) is 37.6. The molecule has 2 rings (SSSR count). The number of halogens is 1. The summed E-state index contributed by atoms with van der Waals surface area (Å²) in [7, 11) is 0. The lowest BCUT2D eigenvalue weighted by Gasteiger charge is -2.18. The minimum atomic E-state index is -0.0893. The molecular formula is C15H19IN2O. The summed E-state index contributed by atoms with van der Waals surface area (Å²) >= 11 is 2.56. The van der Waals surface area contributed by atoms with Crippen LogP contribution in [0.4, 0.5) is 0 Å². The fourth-order valence-electron chi connectivity index (χ4n) is 3.42. The number of nitriles is 2. The van der Waals surface area contributed by atoms with Crippen LogP contribution in [0.3, 0.4) is 0 Å². The van der Waals surface area contributed by atoms with Gasteiger partial charge in [0, 0.05) is 9.84 Å². The molecular weight excluding hydrogens is 351 g/mol. The minimum Gasteiger partial charge on any atom is -0.510 e. The molecule has 2 saturated carbocycles. The molecule has 0 saturated heterocycles. The van der Waals surface area contributed by atoms with Gasteiger partial charge >= 0.3 is 0 Å². The zero-order chi connectivity index (χ0) is 14.0. The number of fused-ring (bicyclic) bond motifs is 1. The molecule has 0 amide bonds.